The number of ether oxygens (including phenoxy) is 3. The number of aliphatic hydroxyl groups is 1. The third kappa shape index (κ3) is 60.0. The van der Waals surface area contributed by atoms with Gasteiger partial charge in [-0.3, -0.25) is 23.4 Å². The SMILES string of the molecule is CC/C=C\C/C=C\C/C=C\C/C=C\C/C=C\C/C=C\CCC(=O)OC(CO)COP(=O)(O)OCC(COC(=O)CCCCCCCCCCCCCCCCCCC)OC(=O)CC/C=C\C/C=C\C/C=C\C/C=C\C/C=C\C/C=C\CC. The number of esters is 3. The molecule has 0 aromatic carbocycles. The average Bonchev–Trinajstić information content (AvgIpc) is 3.47. The van der Waals surface area contributed by atoms with E-state index in [-0.39, 0.29) is 25.9 Å². The predicted molar refractivity (Wildman–Crippen MR) is 343 cm³/mol. The zero-order chi connectivity index (χ0) is 59.8. The first-order valence-electron chi connectivity index (χ1n) is 31.7. The van der Waals surface area contributed by atoms with Crippen molar-refractivity contribution in [2.75, 3.05) is 26.4 Å². The van der Waals surface area contributed by atoms with Crippen LogP contribution < -0.4 is 0 Å². The van der Waals surface area contributed by atoms with E-state index in [1.165, 1.54) is 83.5 Å². The quantitative estimate of drug-likeness (QED) is 0.0197. The van der Waals surface area contributed by atoms with Crippen LogP contribution in [0.25, 0.3) is 0 Å². The predicted octanol–water partition coefficient (Wildman–Crippen LogP) is 19.5. The van der Waals surface area contributed by atoms with Gasteiger partial charge in [-0.25, -0.2) is 4.57 Å². The second-order valence-corrected chi connectivity index (χ2v) is 21.9. The molecular formula is C70H113O11P. The Morgan fingerprint density at radius 3 is 0.951 bits per heavy atom. The van der Waals surface area contributed by atoms with Gasteiger partial charge < -0.3 is 24.2 Å². The van der Waals surface area contributed by atoms with Gasteiger partial charge in [-0.2, -0.15) is 0 Å². The zero-order valence-corrected chi connectivity index (χ0v) is 52.3. The molecule has 0 radical (unpaired) electrons. The number of carbonyl (C=O) groups excluding carboxylic acids is 3. The molecule has 3 unspecified atom stereocenters. The van der Waals surface area contributed by atoms with Crippen molar-refractivity contribution >= 4 is 25.7 Å². The number of hydrogen-bond acceptors (Lipinski definition) is 10. The third-order valence-electron chi connectivity index (χ3n) is 12.8. The largest absolute Gasteiger partial charge is 0.472 e. The molecule has 0 amide bonds. The summed E-state index contributed by atoms with van der Waals surface area (Å²) in [7, 11) is -4.80. The topological polar surface area (TPSA) is 155 Å². The molecule has 82 heavy (non-hydrogen) atoms. The summed E-state index contributed by atoms with van der Waals surface area (Å²) in [5.74, 6) is -1.66. The Hall–Kier alpha value is -4.64. The van der Waals surface area contributed by atoms with Crippen LogP contribution in [0.15, 0.2) is 146 Å². The average molecular weight is 1160 g/mol. The number of rotatable bonds is 57. The Morgan fingerprint density at radius 2 is 0.634 bits per heavy atom. The molecule has 11 nitrogen and oxygen atoms in total. The number of unbranched alkanes of at least 4 members (excludes halogenated alkanes) is 16. The van der Waals surface area contributed by atoms with Crippen LogP contribution in [0.1, 0.15) is 239 Å². The Bertz CT molecular complexity index is 1930. The normalized spacial score (nSPS) is 14.3. The van der Waals surface area contributed by atoms with E-state index in [1.54, 1.807) is 0 Å². The Morgan fingerprint density at radius 1 is 0.354 bits per heavy atom. The first-order valence-corrected chi connectivity index (χ1v) is 33.2. The molecule has 0 saturated heterocycles. The molecular weight excluding hydrogens is 1050 g/mol. The zero-order valence-electron chi connectivity index (χ0n) is 51.4. The van der Waals surface area contributed by atoms with E-state index in [9.17, 15) is 28.9 Å². The van der Waals surface area contributed by atoms with E-state index in [1.807, 2.05) is 24.3 Å². The molecule has 2 N–H and O–H groups in total. The highest BCUT2D eigenvalue weighted by atomic mass is 31.2. The van der Waals surface area contributed by atoms with Crippen LogP contribution in [0.3, 0.4) is 0 Å². The third-order valence-corrected chi connectivity index (χ3v) is 13.7. The number of phosphoric acid groups is 1. The number of allylic oxidation sites excluding steroid dienone is 24. The molecule has 0 spiro atoms. The van der Waals surface area contributed by atoms with Gasteiger partial charge in [0.05, 0.1) is 19.8 Å². The minimum absolute atomic E-state index is 0.0305. The van der Waals surface area contributed by atoms with Gasteiger partial charge in [0.15, 0.2) is 6.10 Å². The van der Waals surface area contributed by atoms with Crippen LogP contribution in [-0.4, -0.2) is 66.5 Å². The molecule has 0 aliphatic rings. The molecule has 0 fully saturated rings. The van der Waals surface area contributed by atoms with E-state index < -0.39 is 57.8 Å². The van der Waals surface area contributed by atoms with Crippen molar-refractivity contribution in [3.8, 4) is 0 Å². The number of hydrogen-bond donors (Lipinski definition) is 2. The first-order chi connectivity index (χ1) is 40.2. The Kier molecular flexibility index (Phi) is 58.9. The molecule has 0 aliphatic heterocycles. The molecule has 0 rings (SSSR count). The minimum Gasteiger partial charge on any atom is -0.462 e. The molecule has 0 saturated carbocycles. The number of aliphatic hydroxyl groups excluding tert-OH is 1. The van der Waals surface area contributed by atoms with Gasteiger partial charge in [0.2, 0.25) is 0 Å². The lowest BCUT2D eigenvalue weighted by molar-refractivity contribution is -0.161. The minimum atomic E-state index is -4.80. The Balaban J connectivity index is 4.89. The van der Waals surface area contributed by atoms with E-state index in [0.717, 1.165) is 83.5 Å². The van der Waals surface area contributed by atoms with Crippen molar-refractivity contribution in [3.63, 3.8) is 0 Å². The second-order valence-electron chi connectivity index (χ2n) is 20.5. The summed E-state index contributed by atoms with van der Waals surface area (Å²) in [6.45, 7) is 4.26. The van der Waals surface area contributed by atoms with Gasteiger partial charge in [0.1, 0.15) is 12.7 Å². The van der Waals surface area contributed by atoms with Gasteiger partial charge in [-0.15, -0.1) is 0 Å². The van der Waals surface area contributed by atoms with Gasteiger partial charge >= 0.3 is 25.7 Å². The summed E-state index contributed by atoms with van der Waals surface area (Å²) < 4.78 is 39.5. The highest BCUT2D eigenvalue weighted by Crippen LogP contribution is 2.43. The molecule has 0 heterocycles. The van der Waals surface area contributed by atoms with Gasteiger partial charge in [-0.1, -0.05) is 269 Å². The van der Waals surface area contributed by atoms with Crippen molar-refractivity contribution in [1.82, 2.24) is 0 Å². The van der Waals surface area contributed by atoms with Crippen LogP contribution in [0.5, 0.6) is 0 Å². The van der Waals surface area contributed by atoms with E-state index in [4.69, 9.17) is 23.3 Å². The maximum atomic E-state index is 12.9. The Labute approximate surface area is 499 Å². The van der Waals surface area contributed by atoms with Crippen molar-refractivity contribution in [1.29, 1.82) is 0 Å². The molecule has 0 aromatic rings. The summed E-state index contributed by atoms with van der Waals surface area (Å²) in [5.41, 5.74) is 0. The lowest BCUT2D eigenvalue weighted by Gasteiger charge is -2.21. The van der Waals surface area contributed by atoms with E-state index in [0.29, 0.717) is 32.1 Å². The monoisotopic (exact) mass is 1160 g/mol. The summed E-state index contributed by atoms with van der Waals surface area (Å²) in [4.78, 5) is 48.7. The molecule has 0 aliphatic carbocycles. The van der Waals surface area contributed by atoms with Crippen LogP contribution >= 0.6 is 7.82 Å². The first kappa shape index (κ1) is 77.4. The van der Waals surface area contributed by atoms with Crippen molar-refractivity contribution in [3.05, 3.63) is 146 Å². The fourth-order valence-electron chi connectivity index (χ4n) is 8.06. The molecule has 0 aromatic heterocycles. The number of carbonyl (C=O) groups is 3. The van der Waals surface area contributed by atoms with Crippen LogP contribution in [0, 0.1) is 0 Å². The maximum absolute atomic E-state index is 12.9. The van der Waals surface area contributed by atoms with Gasteiger partial charge in [-0.05, 0) is 96.3 Å². The van der Waals surface area contributed by atoms with Crippen LogP contribution in [0.4, 0.5) is 0 Å². The highest BCUT2D eigenvalue weighted by molar-refractivity contribution is 7.47. The van der Waals surface area contributed by atoms with E-state index in [2.05, 4.69) is 142 Å². The standard InChI is InChI=1S/C70H113O11P/c1-4-7-10-13-16-19-22-25-28-31-33-36-39-42-45-48-51-54-57-60-69(73)80-66(62-71)64-78-82(75,76)79-65-67(63-77-68(72)59-56-53-50-47-44-41-38-35-30-27-24-21-18-15-12-9-6-3)81-70(74)61-58-55-52-49-46-43-40-37-34-32-29-26-23-20-17-14-11-8-5-2/h7-8,10-11,16-17,19-20,25-26,28-29,33-34,36-37,42-43,45-46,51-52,54-55,66-67,71H,4-6,9,12-15,18,21-24,27,30-32,35,38-41,44,47-50,53,56-65H2,1-3H3,(H,75,76)/b10-7-,11-8-,19-16-,20-17-,28-25-,29-26-,36-33-,37-34-,45-42-,46-43-,54-51-,55-52-. The maximum Gasteiger partial charge on any atom is 0.472 e. The van der Waals surface area contributed by atoms with E-state index >= 15 is 0 Å². The van der Waals surface area contributed by atoms with Crippen molar-refractivity contribution < 1.29 is 52.2 Å². The van der Waals surface area contributed by atoms with Crippen molar-refractivity contribution in [2.24, 2.45) is 0 Å². The van der Waals surface area contributed by atoms with Crippen molar-refractivity contribution in [2.45, 2.75) is 251 Å². The summed E-state index contributed by atoms with van der Waals surface area (Å²) in [5, 5.41) is 9.84. The van der Waals surface area contributed by atoms with Gasteiger partial charge in [0.25, 0.3) is 0 Å². The fourth-order valence-corrected chi connectivity index (χ4v) is 8.84. The second kappa shape index (κ2) is 62.4. The molecule has 0 bridgehead atoms. The summed E-state index contributed by atoms with van der Waals surface area (Å²) in [6.07, 6.45) is 81.2. The lowest BCUT2D eigenvalue weighted by Crippen LogP contribution is -2.30. The summed E-state index contributed by atoms with van der Waals surface area (Å²) >= 11 is 0. The lowest BCUT2D eigenvalue weighted by atomic mass is 10.0. The molecule has 3 atom stereocenters. The van der Waals surface area contributed by atoms with Crippen LogP contribution in [-0.2, 0) is 42.2 Å². The smallest absolute Gasteiger partial charge is 0.462 e. The number of phosphoric ester groups is 1. The van der Waals surface area contributed by atoms with Crippen LogP contribution in [0.2, 0.25) is 0 Å². The molecule has 12 heteroatoms. The molecule has 464 valence electrons. The van der Waals surface area contributed by atoms with Gasteiger partial charge in [0, 0.05) is 19.3 Å². The highest BCUT2D eigenvalue weighted by Gasteiger charge is 2.28. The fraction of sp³-hybridized carbons (Fsp3) is 0.614. The summed E-state index contributed by atoms with van der Waals surface area (Å²) in [6, 6.07) is 0.